The van der Waals surface area contributed by atoms with Crippen molar-refractivity contribution in [1.29, 1.82) is 0 Å². The molecule has 2 bridgehead atoms. The monoisotopic (exact) mass is 473 g/mol. The predicted molar refractivity (Wildman–Crippen MR) is 116 cm³/mol. The number of likely N-dealkylation sites (tertiary alicyclic amines) is 1. The van der Waals surface area contributed by atoms with Crippen LogP contribution in [0.4, 0.5) is 0 Å². The summed E-state index contributed by atoms with van der Waals surface area (Å²) in [4.78, 5) is 27.0. The van der Waals surface area contributed by atoms with Crippen LogP contribution in [0.15, 0.2) is 47.3 Å². The molecule has 1 N–H and O–H groups in total. The van der Waals surface area contributed by atoms with Crippen LogP contribution in [-0.4, -0.2) is 38.4 Å². The number of piperidine rings is 1. The second-order valence-corrected chi connectivity index (χ2v) is 10.4. The number of fused-ring (bicyclic) bond motifs is 4. The third-order valence-electron chi connectivity index (χ3n) is 5.56. The van der Waals surface area contributed by atoms with Crippen molar-refractivity contribution in [3.8, 4) is 0 Å². The van der Waals surface area contributed by atoms with E-state index in [1.54, 1.807) is 36.4 Å². The van der Waals surface area contributed by atoms with Crippen LogP contribution in [0.1, 0.15) is 28.4 Å². The molecule has 4 rings (SSSR count). The maximum Gasteiger partial charge on any atom is 0.252 e. The quantitative estimate of drug-likeness (QED) is 0.682. The molecule has 2 aromatic rings. The first-order valence-electron chi connectivity index (χ1n) is 9.29. The second-order valence-electron chi connectivity index (χ2n) is 7.58. The maximum atomic E-state index is 12.7. The van der Waals surface area contributed by atoms with E-state index in [-0.39, 0.29) is 23.3 Å². The number of hydrogen-bond donors (Lipinski definition) is 1. The smallest absolute Gasteiger partial charge is 0.252 e. The van der Waals surface area contributed by atoms with Gasteiger partial charge in [0.1, 0.15) is 6.17 Å². The Kier molecular flexibility index (Phi) is 5.88. The van der Waals surface area contributed by atoms with E-state index in [1.165, 1.54) is 0 Å². The number of nitrogens with one attached hydrogen (secondary N) is 1. The first-order valence-corrected chi connectivity index (χ1v) is 10.8. The SMILES string of the molecule is O=C(N[C@@H](N1C[C@@H]2C[C@H](C1)c1cccc(=O)n1C2)C(Cl)(Cl)Cl)c1ccc(Cl)cc1. The highest BCUT2D eigenvalue weighted by Crippen LogP contribution is 2.40. The zero-order chi connectivity index (χ0) is 20.8. The lowest BCUT2D eigenvalue weighted by Crippen LogP contribution is -2.60. The summed E-state index contributed by atoms with van der Waals surface area (Å²) < 4.78 is 0.122. The van der Waals surface area contributed by atoms with Crippen LogP contribution >= 0.6 is 46.4 Å². The number of alkyl halides is 3. The molecule has 29 heavy (non-hydrogen) atoms. The van der Waals surface area contributed by atoms with Gasteiger partial charge in [-0.1, -0.05) is 52.5 Å². The molecule has 1 aromatic heterocycles. The highest BCUT2D eigenvalue weighted by Gasteiger charge is 2.44. The summed E-state index contributed by atoms with van der Waals surface area (Å²) in [5.74, 6) is 0.0349. The molecule has 0 unspecified atom stereocenters. The van der Waals surface area contributed by atoms with E-state index in [4.69, 9.17) is 46.4 Å². The van der Waals surface area contributed by atoms with Crippen molar-refractivity contribution in [1.82, 2.24) is 14.8 Å². The van der Waals surface area contributed by atoms with Gasteiger partial charge in [-0.05, 0) is 42.7 Å². The molecule has 0 radical (unpaired) electrons. The molecule has 154 valence electrons. The molecule has 0 spiro atoms. The molecule has 1 saturated heterocycles. The largest absolute Gasteiger partial charge is 0.332 e. The third-order valence-corrected chi connectivity index (χ3v) is 6.43. The standard InChI is InChI=1S/C20H19Cl4N3O2/c21-15-6-4-13(5-7-15)18(29)25-19(20(22,23)24)26-9-12-8-14(11-26)16-2-1-3-17(28)27(16)10-12/h1-7,12,14,19H,8-11H2,(H,25,29)/t12-,14+,19-/m0/s1. The zero-order valence-corrected chi connectivity index (χ0v) is 18.3. The van der Waals surface area contributed by atoms with E-state index in [0.717, 1.165) is 12.1 Å². The van der Waals surface area contributed by atoms with Gasteiger partial charge in [0.25, 0.3) is 11.5 Å². The highest BCUT2D eigenvalue weighted by atomic mass is 35.6. The number of amides is 1. The molecular weight excluding hydrogens is 456 g/mol. The summed E-state index contributed by atoms with van der Waals surface area (Å²) in [5.41, 5.74) is 1.44. The van der Waals surface area contributed by atoms with Crippen LogP contribution in [0.2, 0.25) is 5.02 Å². The van der Waals surface area contributed by atoms with Gasteiger partial charge in [0.05, 0.1) is 0 Å². The van der Waals surface area contributed by atoms with E-state index < -0.39 is 9.96 Å². The van der Waals surface area contributed by atoms with Crippen LogP contribution in [0, 0.1) is 5.92 Å². The van der Waals surface area contributed by atoms with Gasteiger partial charge < -0.3 is 9.88 Å². The fraction of sp³-hybridized carbons (Fsp3) is 0.400. The predicted octanol–water partition coefficient (Wildman–Crippen LogP) is 4.05. The minimum atomic E-state index is -1.72. The van der Waals surface area contributed by atoms with Gasteiger partial charge >= 0.3 is 0 Å². The molecule has 0 saturated carbocycles. The lowest BCUT2D eigenvalue weighted by molar-refractivity contribution is 0.0586. The van der Waals surface area contributed by atoms with Crippen molar-refractivity contribution in [3.63, 3.8) is 0 Å². The molecule has 2 aliphatic heterocycles. The summed E-state index contributed by atoms with van der Waals surface area (Å²) in [5, 5.41) is 3.41. The van der Waals surface area contributed by atoms with Crippen LogP contribution in [-0.2, 0) is 6.54 Å². The van der Waals surface area contributed by atoms with E-state index >= 15 is 0 Å². The first kappa shape index (κ1) is 21.0. The lowest BCUT2D eigenvalue weighted by Gasteiger charge is -2.47. The van der Waals surface area contributed by atoms with Crippen molar-refractivity contribution in [2.45, 2.75) is 28.8 Å². The molecule has 1 amide bonds. The Morgan fingerprint density at radius 2 is 1.79 bits per heavy atom. The van der Waals surface area contributed by atoms with E-state index in [9.17, 15) is 9.59 Å². The molecule has 1 aromatic carbocycles. The second kappa shape index (κ2) is 8.12. The minimum Gasteiger partial charge on any atom is -0.332 e. The molecule has 0 aliphatic carbocycles. The molecule has 2 aliphatic rings. The number of benzene rings is 1. The maximum absolute atomic E-state index is 12.7. The normalized spacial score (nSPS) is 22.6. The summed E-state index contributed by atoms with van der Waals surface area (Å²) in [6, 6.07) is 11.9. The fourth-order valence-corrected chi connectivity index (χ4v) is 5.04. The highest BCUT2D eigenvalue weighted by molar-refractivity contribution is 6.68. The molecule has 3 atom stereocenters. The van der Waals surface area contributed by atoms with Gasteiger partial charge in [0, 0.05) is 47.9 Å². The average molecular weight is 475 g/mol. The molecule has 1 fully saturated rings. The number of halogens is 4. The van der Waals surface area contributed by atoms with Crippen molar-refractivity contribution in [2.24, 2.45) is 5.92 Å². The number of pyridine rings is 1. The average Bonchev–Trinajstić information content (AvgIpc) is 2.66. The molecular formula is C20H19Cl4N3O2. The van der Waals surface area contributed by atoms with Gasteiger partial charge in [0.2, 0.25) is 3.79 Å². The van der Waals surface area contributed by atoms with Gasteiger partial charge in [-0.15, -0.1) is 0 Å². The van der Waals surface area contributed by atoms with Crippen molar-refractivity contribution in [2.75, 3.05) is 13.1 Å². The Labute approximate surface area is 188 Å². The first-order chi connectivity index (χ1) is 13.7. The number of nitrogens with zero attached hydrogens (tertiary/aromatic N) is 2. The van der Waals surface area contributed by atoms with Crippen molar-refractivity contribution >= 4 is 52.3 Å². The number of aromatic nitrogens is 1. The topological polar surface area (TPSA) is 54.3 Å². The van der Waals surface area contributed by atoms with Crippen molar-refractivity contribution < 1.29 is 4.79 Å². The van der Waals surface area contributed by atoms with Gasteiger partial charge in [-0.2, -0.15) is 0 Å². The number of rotatable bonds is 3. The Morgan fingerprint density at radius 3 is 2.48 bits per heavy atom. The van der Waals surface area contributed by atoms with E-state index in [2.05, 4.69) is 5.32 Å². The number of carbonyl (C=O) groups excluding carboxylic acids is 1. The minimum absolute atomic E-state index is 0.0135. The summed E-state index contributed by atoms with van der Waals surface area (Å²) in [6.45, 7) is 1.83. The van der Waals surface area contributed by atoms with E-state index in [1.807, 2.05) is 15.5 Å². The molecule has 3 heterocycles. The third kappa shape index (κ3) is 4.44. The Morgan fingerprint density at radius 1 is 1.07 bits per heavy atom. The molecule has 9 heteroatoms. The van der Waals surface area contributed by atoms with Crippen LogP contribution in [0.5, 0.6) is 0 Å². The number of carbonyl (C=O) groups is 1. The Balaban J connectivity index is 1.58. The van der Waals surface area contributed by atoms with Crippen LogP contribution in [0.3, 0.4) is 0 Å². The fourth-order valence-electron chi connectivity index (χ4n) is 4.33. The van der Waals surface area contributed by atoms with Gasteiger partial charge in [-0.3, -0.25) is 14.5 Å². The summed E-state index contributed by atoms with van der Waals surface area (Å²) >= 11 is 24.7. The Bertz CT molecular complexity index is 971. The lowest BCUT2D eigenvalue weighted by atomic mass is 9.83. The summed E-state index contributed by atoms with van der Waals surface area (Å²) in [6.07, 6.45) is 0.167. The summed E-state index contributed by atoms with van der Waals surface area (Å²) in [7, 11) is 0. The van der Waals surface area contributed by atoms with Crippen LogP contribution in [0.25, 0.3) is 0 Å². The Hall–Kier alpha value is -1.24. The molecule has 5 nitrogen and oxygen atoms in total. The van der Waals surface area contributed by atoms with Crippen molar-refractivity contribution in [3.05, 3.63) is 69.1 Å². The van der Waals surface area contributed by atoms with E-state index in [0.29, 0.717) is 30.2 Å². The van der Waals surface area contributed by atoms with Gasteiger partial charge in [0.15, 0.2) is 0 Å². The number of hydrogen-bond acceptors (Lipinski definition) is 3. The van der Waals surface area contributed by atoms with Crippen LogP contribution < -0.4 is 10.9 Å². The zero-order valence-electron chi connectivity index (χ0n) is 15.3. The van der Waals surface area contributed by atoms with Gasteiger partial charge in [-0.25, -0.2) is 0 Å².